The monoisotopic (exact) mass is 664 g/mol. The summed E-state index contributed by atoms with van der Waals surface area (Å²) in [4.78, 5) is 30.0. The van der Waals surface area contributed by atoms with Crippen molar-refractivity contribution >= 4 is 43.5 Å². The molecule has 0 aliphatic rings. The first kappa shape index (κ1) is 29.7. The third-order valence-corrected chi connectivity index (χ3v) is 9.55. The van der Waals surface area contributed by atoms with Gasteiger partial charge in [-0.05, 0) is 11.5 Å². The van der Waals surface area contributed by atoms with Crippen molar-refractivity contribution in [3.63, 3.8) is 0 Å². The normalized spacial score (nSPS) is 11.5. The van der Waals surface area contributed by atoms with Gasteiger partial charge in [0.1, 0.15) is 0 Å². The van der Waals surface area contributed by atoms with Crippen molar-refractivity contribution in [2.24, 2.45) is 0 Å². The van der Waals surface area contributed by atoms with Gasteiger partial charge in [0, 0.05) is 49.4 Å². The lowest BCUT2D eigenvalue weighted by atomic mass is 9.97. The van der Waals surface area contributed by atoms with Gasteiger partial charge >= 0.3 is 0 Å². The Balaban J connectivity index is 1.10. The summed E-state index contributed by atoms with van der Waals surface area (Å²) in [6.07, 6.45) is 1.89. The van der Waals surface area contributed by atoms with Gasteiger partial charge in [0.2, 0.25) is 0 Å². The summed E-state index contributed by atoms with van der Waals surface area (Å²) in [5, 5.41) is 5.35. The summed E-state index contributed by atoms with van der Waals surface area (Å²) in [6.45, 7) is 0. The van der Waals surface area contributed by atoms with E-state index in [-0.39, 0.29) is 0 Å². The van der Waals surface area contributed by atoms with E-state index in [1.54, 1.807) is 0 Å². The topological polar surface area (TPSA) is 77.3 Å². The van der Waals surface area contributed by atoms with Gasteiger partial charge in [-0.25, -0.2) is 24.9 Å². The van der Waals surface area contributed by atoms with E-state index in [4.69, 9.17) is 29.9 Å². The molecular weight excluding hydrogens is 637 g/mol. The number of aromatic nitrogens is 6. The number of benzene rings is 6. The molecule has 0 saturated carbocycles. The largest absolute Gasteiger partial charge is 0.252 e. The maximum atomic E-state index is 5.25. The number of hydrogen-bond acceptors (Lipinski definition) is 6. The van der Waals surface area contributed by atoms with Gasteiger partial charge < -0.3 is 0 Å². The van der Waals surface area contributed by atoms with E-state index in [0.29, 0.717) is 17.5 Å². The lowest BCUT2D eigenvalue weighted by Crippen LogP contribution is -2.00. The SMILES string of the molecule is c1ccc(-c2ccc3ccc4c(ncc5nc(-c6ccc(-c7nc(-c8ccccc8)nc(-c8ccccc8)n7)cc6)c6ccccc6c54)c3n2)cc1. The molecule has 6 nitrogen and oxygen atoms in total. The fourth-order valence-electron chi connectivity index (χ4n) is 7.00. The van der Waals surface area contributed by atoms with Crippen molar-refractivity contribution in [3.8, 4) is 56.7 Å². The Morgan fingerprint density at radius 3 is 1.48 bits per heavy atom. The Bertz CT molecular complexity index is 2870. The molecule has 0 unspecified atom stereocenters. The molecule has 0 radical (unpaired) electrons. The number of nitrogens with zero attached hydrogens (tertiary/aromatic N) is 6. The molecule has 0 bridgehead atoms. The quantitative estimate of drug-likeness (QED) is 0.170. The summed E-state index contributed by atoms with van der Waals surface area (Å²) in [5.41, 5.74) is 9.25. The maximum absolute atomic E-state index is 5.25. The lowest BCUT2D eigenvalue weighted by Gasteiger charge is -2.13. The molecule has 6 heteroatoms. The molecule has 0 spiro atoms. The van der Waals surface area contributed by atoms with Crippen LogP contribution in [0.25, 0.3) is 100 Å². The number of hydrogen-bond donors (Lipinski definition) is 0. The Labute approximate surface area is 299 Å². The molecular formula is C46H28N6. The highest BCUT2D eigenvalue weighted by Crippen LogP contribution is 2.38. The zero-order valence-corrected chi connectivity index (χ0v) is 27.8. The van der Waals surface area contributed by atoms with Crippen LogP contribution in [0.1, 0.15) is 0 Å². The second-order valence-electron chi connectivity index (χ2n) is 12.7. The van der Waals surface area contributed by atoms with Crippen LogP contribution >= 0.6 is 0 Å². The van der Waals surface area contributed by atoms with E-state index in [0.717, 1.165) is 82.7 Å². The first-order valence-corrected chi connectivity index (χ1v) is 17.2. The van der Waals surface area contributed by atoms with Crippen LogP contribution in [-0.4, -0.2) is 29.9 Å². The highest BCUT2D eigenvalue weighted by molar-refractivity contribution is 6.23. The first-order valence-electron chi connectivity index (χ1n) is 17.2. The van der Waals surface area contributed by atoms with Gasteiger partial charge in [0.25, 0.3) is 0 Å². The summed E-state index contributed by atoms with van der Waals surface area (Å²) in [7, 11) is 0. The molecule has 52 heavy (non-hydrogen) atoms. The van der Waals surface area contributed by atoms with Crippen molar-refractivity contribution in [3.05, 3.63) is 170 Å². The van der Waals surface area contributed by atoms with Crippen LogP contribution in [0.5, 0.6) is 0 Å². The molecule has 0 aliphatic heterocycles. The van der Waals surface area contributed by atoms with Gasteiger partial charge in [-0.1, -0.05) is 158 Å². The number of rotatable bonds is 5. The van der Waals surface area contributed by atoms with Crippen molar-refractivity contribution < 1.29 is 0 Å². The zero-order chi connectivity index (χ0) is 34.4. The van der Waals surface area contributed by atoms with Crippen molar-refractivity contribution in [1.82, 2.24) is 29.9 Å². The number of pyridine rings is 3. The fraction of sp³-hybridized carbons (Fsp3) is 0. The van der Waals surface area contributed by atoms with Crippen molar-refractivity contribution in [1.29, 1.82) is 0 Å². The lowest BCUT2D eigenvalue weighted by molar-refractivity contribution is 1.07. The maximum Gasteiger partial charge on any atom is 0.164 e. The fourth-order valence-corrected chi connectivity index (χ4v) is 7.00. The average Bonchev–Trinajstić information content (AvgIpc) is 3.23. The third kappa shape index (κ3) is 5.13. The zero-order valence-electron chi connectivity index (χ0n) is 27.8. The second kappa shape index (κ2) is 12.3. The minimum Gasteiger partial charge on any atom is -0.252 e. The highest BCUT2D eigenvalue weighted by Gasteiger charge is 2.17. The van der Waals surface area contributed by atoms with Crippen molar-refractivity contribution in [2.75, 3.05) is 0 Å². The van der Waals surface area contributed by atoms with Crippen LogP contribution in [0.3, 0.4) is 0 Å². The minimum absolute atomic E-state index is 0.613. The van der Waals surface area contributed by atoms with Crippen LogP contribution in [0.2, 0.25) is 0 Å². The average molecular weight is 665 g/mol. The Kier molecular flexibility index (Phi) is 7.03. The van der Waals surface area contributed by atoms with Crippen LogP contribution in [0.4, 0.5) is 0 Å². The summed E-state index contributed by atoms with van der Waals surface area (Å²) in [6, 6.07) is 55.6. The molecule has 0 saturated heterocycles. The van der Waals surface area contributed by atoms with Gasteiger partial charge in [0.15, 0.2) is 17.5 Å². The Morgan fingerprint density at radius 2 is 0.846 bits per heavy atom. The smallest absolute Gasteiger partial charge is 0.164 e. The van der Waals surface area contributed by atoms with E-state index < -0.39 is 0 Å². The minimum atomic E-state index is 0.613. The van der Waals surface area contributed by atoms with Crippen LogP contribution in [-0.2, 0) is 0 Å². The predicted octanol–water partition coefficient (Wildman–Crippen LogP) is 11.0. The van der Waals surface area contributed by atoms with E-state index in [1.165, 1.54) is 0 Å². The van der Waals surface area contributed by atoms with Crippen molar-refractivity contribution in [2.45, 2.75) is 0 Å². The van der Waals surface area contributed by atoms with E-state index in [9.17, 15) is 0 Å². The molecule has 4 heterocycles. The first-order chi connectivity index (χ1) is 25.8. The standard InChI is InChI=1S/C46H28N6/c1-4-12-29(13-5-1)38-27-25-31-24-26-37-40-35-18-10-11-19-36(35)41(49-39(40)28-47-43(37)42(31)48-38)30-20-22-34(23-21-30)46-51-44(32-14-6-2-7-15-32)50-45(52-46)33-16-8-3-9-17-33/h1-28H. The molecule has 0 fully saturated rings. The molecule has 0 N–H and O–H groups in total. The molecule has 4 aromatic heterocycles. The van der Waals surface area contributed by atoms with Crippen LogP contribution < -0.4 is 0 Å². The molecule has 242 valence electrons. The van der Waals surface area contributed by atoms with Gasteiger partial charge in [-0.2, -0.15) is 0 Å². The number of fused-ring (bicyclic) bond motifs is 7. The second-order valence-corrected chi connectivity index (χ2v) is 12.7. The molecule has 6 aromatic carbocycles. The van der Waals surface area contributed by atoms with E-state index in [2.05, 4.69) is 84.9 Å². The molecule has 10 rings (SSSR count). The molecule has 0 amide bonds. The molecule has 10 aromatic rings. The Hall–Kier alpha value is -7.18. The van der Waals surface area contributed by atoms with E-state index >= 15 is 0 Å². The summed E-state index contributed by atoms with van der Waals surface area (Å²) in [5.74, 6) is 1.88. The van der Waals surface area contributed by atoms with E-state index in [1.807, 2.05) is 85.1 Å². The Morgan fingerprint density at radius 1 is 0.327 bits per heavy atom. The highest BCUT2D eigenvalue weighted by atomic mass is 15.0. The van der Waals surface area contributed by atoms with Gasteiger partial charge in [-0.3, -0.25) is 4.98 Å². The van der Waals surface area contributed by atoms with Crippen LogP contribution in [0.15, 0.2) is 170 Å². The molecule has 0 atom stereocenters. The van der Waals surface area contributed by atoms with Gasteiger partial charge in [0.05, 0.1) is 34.1 Å². The van der Waals surface area contributed by atoms with Crippen LogP contribution in [0, 0.1) is 0 Å². The summed E-state index contributed by atoms with van der Waals surface area (Å²) >= 11 is 0. The molecule has 0 aliphatic carbocycles. The van der Waals surface area contributed by atoms with Gasteiger partial charge in [-0.15, -0.1) is 0 Å². The predicted molar refractivity (Wildman–Crippen MR) is 210 cm³/mol. The third-order valence-electron chi connectivity index (χ3n) is 9.55. The summed E-state index contributed by atoms with van der Waals surface area (Å²) < 4.78 is 0.